The van der Waals surface area contributed by atoms with Crippen molar-refractivity contribution in [3.05, 3.63) is 0 Å². The van der Waals surface area contributed by atoms with Gasteiger partial charge in [0.05, 0.1) is 0 Å². The quantitative estimate of drug-likeness (QED) is 0.359. The second kappa shape index (κ2) is 3.13. The zero-order valence-corrected chi connectivity index (χ0v) is 6.56. The van der Waals surface area contributed by atoms with Crippen LogP contribution in [0.3, 0.4) is 0 Å². The summed E-state index contributed by atoms with van der Waals surface area (Å²) >= 11 is 4.84. The van der Waals surface area contributed by atoms with Crippen LogP contribution in [0.1, 0.15) is 19.3 Å². The Labute approximate surface area is 68.7 Å². The Balaban J connectivity index is 2.53. The van der Waals surface area contributed by atoms with Crippen LogP contribution in [0.15, 0.2) is 0 Å². The van der Waals surface area contributed by atoms with E-state index in [4.69, 9.17) is 11.6 Å². The van der Waals surface area contributed by atoms with Crippen LogP contribution in [0.25, 0.3) is 0 Å². The molecule has 4 heteroatoms. The minimum absolute atomic E-state index is 0.231. The predicted molar refractivity (Wildman–Crippen MR) is 38.2 cm³/mol. The van der Waals surface area contributed by atoms with Gasteiger partial charge in [0.25, 0.3) is 11.0 Å². The molecule has 11 heavy (non-hydrogen) atoms. The van der Waals surface area contributed by atoms with Gasteiger partial charge in [0.15, 0.2) is 0 Å². The van der Waals surface area contributed by atoms with Crippen LogP contribution in [0.5, 0.6) is 0 Å². The third-order valence-corrected chi connectivity index (χ3v) is 2.05. The van der Waals surface area contributed by atoms with Crippen LogP contribution in [0, 0.1) is 5.92 Å². The molecule has 0 heterocycles. The summed E-state index contributed by atoms with van der Waals surface area (Å²) in [5.74, 6) is -1.90. The topological polar surface area (TPSA) is 51.2 Å². The van der Waals surface area contributed by atoms with E-state index in [0.717, 1.165) is 19.3 Å². The standard InChI is InChI=1S/C7H7ClO3/c8-7(11)6(10)5(9)4-2-1-3-4/h4H,1-3H2. The first-order valence-electron chi connectivity index (χ1n) is 3.41. The summed E-state index contributed by atoms with van der Waals surface area (Å²) in [5, 5.41) is -1.16. The van der Waals surface area contributed by atoms with E-state index in [2.05, 4.69) is 0 Å². The van der Waals surface area contributed by atoms with E-state index < -0.39 is 16.8 Å². The van der Waals surface area contributed by atoms with Gasteiger partial charge < -0.3 is 0 Å². The number of rotatable bonds is 3. The summed E-state index contributed by atoms with van der Waals surface area (Å²) in [4.78, 5) is 31.8. The first-order chi connectivity index (χ1) is 5.13. The van der Waals surface area contributed by atoms with Gasteiger partial charge in [-0.25, -0.2) is 0 Å². The van der Waals surface area contributed by atoms with E-state index in [-0.39, 0.29) is 5.92 Å². The molecule has 0 aliphatic heterocycles. The lowest BCUT2D eigenvalue weighted by Crippen LogP contribution is -2.31. The van der Waals surface area contributed by atoms with Crippen LogP contribution in [-0.4, -0.2) is 16.8 Å². The Morgan fingerprint density at radius 1 is 1.18 bits per heavy atom. The predicted octanol–water partition coefficient (Wildman–Crippen LogP) is 0.690. The molecule has 0 amide bonds. The fourth-order valence-electron chi connectivity index (χ4n) is 0.953. The highest BCUT2D eigenvalue weighted by Gasteiger charge is 2.32. The summed E-state index contributed by atoms with van der Waals surface area (Å²) in [6.07, 6.45) is 2.39. The van der Waals surface area contributed by atoms with Crippen molar-refractivity contribution in [2.45, 2.75) is 19.3 Å². The SMILES string of the molecule is O=C(Cl)C(=O)C(=O)C1CCC1. The fraction of sp³-hybridized carbons (Fsp3) is 0.571. The molecule has 0 spiro atoms. The highest BCUT2D eigenvalue weighted by atomic mass is 35.5. The van der Waals surface area contributed by atoms with Gasteiger partial charge in [0, 0.05) is 5.92 Å². The van der Waals surface area contributed by atoms with Gasteiger partial charge in [0.1, 0.15) is 0 Å². The molecule has 0 N–H and O–H groups in total. The average Bonchev–Trinajstić information content (AvgIpc) is 1.82. The number of carbonyl (C=O) groups is 3. The Kier molecular flexibility index (Phi) is 2.39. The van der Waals surface area contributed by atoms with Crippen molar-refractivity contribution in [1.82, 2.24) is 0 Å². The molecule has 0 saturated heterocycles. The summed E-state index contributed by atoms with van der Waals surface area (Å²) < 4.78 is 0. The maximum absolute atomic E-state index is 10.9. The molecular weight excluding hydrogens is 168 g/mol. The molecule has 0 atom stereocenters. The van der Waals surface area contributed by atoms with Crippen molar-refractivity contribution < 1.29 is 14.4 Å². The van der Waals surface area contributed by atoms with Gasteiger partial charge in [-0.3, -0.25) is 14.4 Å². The zero-order valence-electron chi connectivity index (χ0n) is 5.80. The summed E-state index contributed by atoms with van der Waals surface area (Å²) in [7, 11) is 0. The largest absolute Gasteiger partial charge is 0.296 e. The van der Waals surface area contributed by atoms with Gasteiger partial charge in [-0.1, -0.05) is 6.42 Å². The number of carbonyl (C=O) groups excluding carboxylic acids is 3. The maximum Gasteiger partial charge on any atom is 0.296 e. The highest BCUT2D eigenvalue weighted by molar-refractivity contribution is 6.90. The minimum atomic E-state index is -1.16. The van der Waals surface area contributed by atoms with Gasteiger partial charge in [0.2, 0.25) is 5.78 Å². The molecule has 0 unspecified atom stereocenters. The van der Waals surface area contributed by atoms with E-state index in [1.54, 1.807) is 0 Å². The average molecular weight is 175 g/mol. The van der Waals surface area contributed by atoms with E-state index >= 15 is 0 Å². The Hall–Kier alpha value is -0.700. The first kappa shape index (κ1) is 8.40. The second-order valence-corrected chi connectivity index (χ2v) is 2.94. The van der Waals surface area contributed by atoms with E-state index in [1.807, 2.05) is 0 Å². The Morgan fingerprint density at radius 3 is 2.00 bits per heavy atom. The summed E-state index contributed by atoms with van der Waals surface area (Å²) in [5.41, 5.74) is 0. The lowest BCUT2D eigenvalue weighted by atomic mass is 9.81. The molecule has 0 aromatic heterocycles. The Bertz CT molecular complexity index is 218. The van der Waals surface area contributed by atoms with Crippen molar-refractivity contribution in [3.8, 4) is 0 Å². The van der Waals surface area contributed by atoms with Crippen LogP contribution < -0.4 is 0 Å². The molecule has 0 bridgehead atoms. The van der Waals surface area contributed by atoms with Crippen molar-refractivity contribution in [2.75, 3.05) is 0 Å². The maximum atomic E-state index is 10.9. The molecule has 0 aromatic carbocycles. The van der Waals surface area contributed by atoms with E-state index in [0.29, 0.717) is 0 Å². The molecule has 1 saturated carbocycles. The van der Waals surface area contributed by atoms with Crippen LogP contribution in [0.4, 0.5) is 0 Å². The third kappa shape index (κ3) is 1.66. The third-order valence-electron chi connectivity index (χ3n) is 1.88. The highest BCUT2D eigenvalue weighted by Crippen LogP contribution is 2.27. The number of hydrogen-bond donors (Lipinski definition) is 0. The number of halogens is 1. The van der Waals surface area contributed by atoms with Gasteiger partial charge in [-0.05, 0) is 24.4 Å². The Morgan fingerprint density at radius 2 is 1.73 bits per heavy atom. The monoisotopic (exact) mass is 174 g/mol. The van der Waals surface area contributed by atoms with Crippen molar-refractivity contribution in [1.29, 1.82) is 0 Å². The molecular formula is C7H7ClO3. The van der Waals surface area contributed by atoms with Gasteiger partial charge in [-0.2, -0.15) is 0 Å². The van der Waals surface area contributed by atoms with Crippen molar-refractivity contribution in [2.24, 2.45) is 5.92 Å². The molecule has 1 aliphatic rings. The number of hydrogen-bond acceptors (Lipinski definition) is 3. The normalized spacial score (nSPS) is 17.2. The summed E-state index contributed by atoms with van der Waals surface area (Å²) in [6, 6.07) is 0. The van der Waals surface area contributed by atoms with E-state index in [1.165, 1.54) is 0 Å². The molecule has 3 nitrogen and oxygen atoms in total. The minimum Gasteiger partial charge on any atom is -0.290 e. The van der Waals surface area contributed by atoms with Crippen molar-refractivity contribution in [3.63, 3.8) is 0 Å². The first-order valence-corrected chi connectivity index (χ1v) is 3.78. The smallest absolute Gasteiger partial charge is 0.290 e. The molecule has 1 aliphatic carbocycles. The fourth-order valence-corrected chi connectivity index (χ4v) is 1.05. The van der Waals surface area contributed by atoms with Gasteiger partial charge >= 0.3 is 0 Å². The number of Topliss-reactive ketones (excluding diaryl/α,β-unsaturated/α-hetero) is 2. The number of ketones is 2. The molecule has 0 aromatic rings. The molecule has 1 rings (SSSR count). The van der Waals surface area contributed by atoms with Crippen LogP contribution in [0.2, 0.25) is 0 Å². The molecule has 1 fully saturated rings. The lowest BCUT2D eigenvalue weighted by molar-refractivity contribution is -0.144. The zero-order chi connectivity index (χ0) is 8.43. The van der Waals surface area contributed by atoms with Crippen molar-refractivity contribution >= 4 is 28.4 Å². The lowest BCUT2D eigenvalue weighted by Gasteiger charge is -2.21. The van der Waals surface area contributed by atoms with Crippen LogP contribution in [-0.2, 0) is 14.4 Å². The molecule has 60 valence electrons. The molecule has 0 radical (unpaired) electrons. The van der Waals surface area contributed by atoms with Gasteiger partial charge in [-0.15, -0.1) is 0 Å². The second-order valence-electron chi connectivity index (χ2n) is 2.59. The summed E-state index contributed by atoms with van der Waals surface area (Å²) in [6.45, 7) is 0. The van der Waals surface area contributed by atoms with E-state index in [9.17, 15) is 14.4 Å². The van der Waals surface area contributed by atoms with Crippen LogP contribution >= 0.6 is 11.6 Å².